The molecule has 144 valence electrons. The van der Waals surface area contributed by atoms with Gasteiger partial charge in [-0.3, -0.25) is 0 Å². The molecule has 0 amide bonds. The van der Waals surface area contributed by atoms with Gasteiger partial charge >= 0.3 is 0 Å². The van der Waals surface area contributed by atoms with E-state index < -0.39 is 16.0 Å². The summed E-state index contributed by atoms with van der Waals surface area (Å²) in [5, 5.41) is 12.2. The van der Waals surface area contributed by atoms with Crippen molar-refractivity contribution in [3.8, 4) is 5.69 Å². The highest BCUT2D eigenvalue weighted by molar-refractivity contribution is 7.90. The van der Waals surface area contributed by atoms with Gasteiger partial charge in [0.15, 0.2) is 17.3 Å². The van der Waals surface area contributed by atoms with E-state index in [-0.39, 0.29) is 22.2 Å². The molecule has 0 aliphatic carbocycles. The monoisotopic (exact) mass is 399 g/mol. The third-order valence-electron chi connectivity index (χ3n) is 3.55. The number of azo groups is 1. The normalized spacial score (nSPS) is 11.6. The summed E-state index contributed by atoms with van der Waals surface area (Å²) in [6.45, 7) is 0. The number of sulfonamides is 1. The van der Waals surface area contributed by atoms with Crippen molar-refractivity contribution in [1.29, 1.82) is 0 Å². The third kappa shape index (κ3) is 3.91. The maximum absolute atomic E-state index is 11.9. The van der Waals surface area contributed by atoms with E-state index in [4.69, 9.17) is 22.9 Å². The van der Waals surface area contributed by atoms with Crippen LogP contribution < -0.4 is 22.9 Å². The first kappa shape index (κ1) is 18.8. The van der Waals surface area contributed by atoms with Gasteiger partial charge in [-0.2, -0.15) is 13.5 Å². The molecule has 0 unspecified atom stereocenters. The van der Waals surface area contributed by atoms with Gasteiger partial charge in [-0.15, -0.1) is 14.6 Å². The number of hydrogen-bond donors (Lipinski definition) is 4. The van der Waals surface area contributed by atoms with Gasteiger partial charge in [-0.25, -0.2) is 4.68 Å². The minimum Gasteiger partial charge on any atom is -0.382 e. The molecule has 0 radical (unpaired) electrons. The van der Waals surface area contributed by atoms with Crippen LogP contribution in [0.25, 0.3) is 5.69 Å². The molecule has 11 nitrogen and oxygen atoms in total. The molecular weight excluding hydrogens is 382 g/mol. The summed E-state index contributed by atoms with van der Waals surface area (Å²) in [7, 11) is -3.97. The van der Waals surface area contributed by atoms with Crippen molar-refractivity contribution in [2.24, 2.45) is 26.1 Å². The van der Waals surface area contributed by atoms with Gasteiger partial charge in [0.2, 0.25) is 5.96 Å². The van der Waals surface area contributed by atoms with E-state index in [0.717, 1.165) is 5.69 Å². The standard InChI is InChI=1S/C16H17N9O2S/c17-14-13(15(18)25(23-14)11-4-2-1-3-5-11)22-21-10-6-8-12(9-7-10)28(26,27)24-16(19)20/h1-9H,18H2,(H2,17,23)(H4,19,20,24). The summed E-state index contributed by atoms with van der Waals surface area (Å²) < 4.78 is 28.5. The Labute approximate surface area is 160 Å². The number of anilines is 2. The van der Waals surface area contributed by atoms with E-state index in [1.807, 2.05) is 30.3 Å². The zero-order chi connectivity index (χ0) is 20.3. The number of aromatic nitrogens is 2. The molecule has 0 atom stereocenters. The van der Waals surface area contributed by atoms with E-state index in [2.05, 4.69) is 19.7 Å². The minimum absolute atomic E-state index is 0.0872. The van der Waals surface area contributed by atoms with Crippen molar-refractivity contribution < 1.29 is 8.42 Å². The third-order valence-corrected chi connectivity index (χ3v) is 4.87. The maximum Gasteiger partial charge on any atom is 0.285 e. The predicted octanol–water partition coefficient (Wildman–Crippen LogP) is 1.41. The van der Waals surface area contributed by atoms with Crippen LogP contribution in [-0.2, 0) is 10.0 Å². The summed E-state index contributed by atoms with van der Waals surface area (Å²) in [4.78, 5) is -0.0872. The molecule has 0 fully saturated rings. The summed E-state index contributed by atoms with van der Waals surface area (Å²) >= 11 is 0. The summed E-state index contributed by atoms with van der Waals surface area (Å²) in [6, 6.07) is 14.7. The number of nitrogens with two attached hydrogens (primary N) is 4. The number of hydrogen-bond acceptors (Lipinski definition) is 7. The molecule has 12 heteroatoms. The molecule has 8 N–H and O–H groups in total. The molecule has 0 aliphatic heterocycles. The fraction of sp³-hybridized carbons (Fsp3) is 0. The van der Waals surface area contributed by atoms with Gasteiger partial charge in [0.1, 0.15) is 0 Å². The number of nitrogen functional groups attached to an aromatic ring is 2. The molecule has 3 aromatic rings. The minimum atomic E-state index is -3.97. The van der Waals surface area contributed by atoms with Gasteiger partial charge in [0, 0.05) is 0 Å². The molecule has 1 heterocycles. The predicted molar refractivity (Wildman–Crippen MR) is 106 cm³/mol. The van der Waals surface area contributed by atoms with Crippen LogP contribution >= 0.6 is 0 Å². The lowest BCUT2D eigenvalue weighted by Gasteiger charge is -2.02. The SMILES string of the molecule is NC(N)=NS(=O)(=O)c1ccc(N=Nc2c(N)nn(-c3ccccc3)c2N)cc1. The highest BCUT2D eigenvalue weighted by Gasteiger charge is 2.15. The van der Waals surface area contributed by atoms with E-state index in [1.165, 1.54) is 28.9 Å². The van der Waals surface area contributed by atoms with Crippen LogP contribution in [0.3, 0.4) is 0 Å². The van der Waals surface area contributed by atoms with Crippen molar-refractivity contribution in [2.75, 3.05) is 11.5 Å². The highest BCUT2D eigenvalue weighted by Crippen LogP contribution is 2.32. The number of nitrogens with zero attached hydrogens (tertiary/aromatic N) is 5. The second-order valence-corrected chi connectivity index (χ2v) is 7.16. The number of benzene rings is 2. The number of para-hydroxylation sites is 1. The van der Waals surface area contributed by atoms with Crippen LogP contribution in [-0.4, -0.2) is 24.2 Å². The zero-order valence-corrected chi connectivity index (χ0v) is 15.3. The van der Waals surface area contributed by atoms with Crippen molar-refractivity contribution in [3.63, 3.8) is 0 Å². The van der Waals surface area contributed by atoms with Crippen LogP contribution in [0.1, 0.15) is 0 Å². The van der Waals surface area contributed by atoms with Crippen LogP contribution in [0.4, 0.5) is 23.0 Å². The smallest absolute Gasteiger partial charge is 0.285 e. The largest absolute Gasteiger partial charge is 0.382 e. The molecule has 28 heavy (non-hydrogen) atoms. The van der Waals surface area contributed by atoms with Crippen molar-refractivity contribution in [1.82, 2.24) is 9.78 Å². The van der Waals surface area contributed by atoms with E-state index >= 15 is 0 Å². The Balaban J connectivity index is 1.87. The average Bonchev–Trinajstić information content (AvgIpc) is 2.94. The molecule has 1 aromatic heterocycles. The van der Waals surface area contributed by atoms with Crippen molar-refractivity contribution in [3.05, 3.63) is 54.6 Å². The molecule has 0 spiro atoms. The molecular formula is C16H17N9O2S. The Morgan fingerprint density at radius 2 is 1.57 bits per heavy atom. The average molecular weight is 399 g/mol. The molecule has 0 saturated carbocycles. The van der Waals surface area contributed by atoms with Gasteiger partial charge in [-0.1, -0.05) is 18.2 Å². The quantitative estimate of drug-likeness (QED) is 0.283. The van der Waals surface area contributed by atoms with Gasteiger partial charge in [0.05, 0.1) is 16.3 Å². The van der Waals surface area contributed by atoms with Gasteiger partial charge in [0.25, 0.3) is 10.0 Å². The highest BCUT2D eigenvalue weighted by atomic mass is 32.2. The molecule has 0 aliphatic rings. The van der Waals surface area contributed by atoms with Crippen LogP contribution in [0.15, 0.2) is 74.1 Å². The molecule has 3 rings (SSSR count). The van der Waals surface area contributed by atoms with E-state index in [0.29, 0.717) is 5.69 Å². The number of rotatable bonds is 5. The fourth-order valence-electron chi connectivity index (χ4n) is 2.29. The van der Waals surface area contributed by atoms with E-state index in [9.17, 15) is 8.42 Å². The lowest BCUT2D eigenvalue weighted by Crippen LogP contribution is -2.24. The van der Waals surface area contributed by atoms with Crippen molar-refractivity contribution >= 4 is 39.0 Å². The van der Waals surface area contributed by atoms with Crippen LogP contribution in [0.2, 0.25) is 0 Å². The summed E-state index contributed by atoms with van der Waals surface area (Å²) in [6.07, 6.45) is 0. The molecule has 0 saturated heterocycles. The van der Waals surface area contributed by atoms with Gasteiger partial charge in [-0.05, 0) is 36.4 Å². The van der Waals surface area contributed by atoms with Crippen LogP contribution in [0.5, 0.6) is 0 Å². The Morgan fingerprint density at radius 3 is 2.18 bits per heavy atom. The summed E-state index contributed by atoms with van der Waals surface area (Å²) in [5.74, 6) is -0.221. The lowest BCUT2D eigenvalue weighted by molar-refractivity contribution is 0.598. The first-order valence-electron chi connectivity index (χ1n) is 7.85. The Bertz CT molecular complexity index is 1150. The first-order valence-corrected chi connectivity index (χ1v) is 9.29. The maximum atomic E-state index is 11.9. The second kappa shape index (κ2) is 7.36. The van der Waals surface area contributed by atoms with Crippen molar-refractivity contribution in [2.45, 2.75) is 4.90 Å². The molecule has 0 bridgehead atoms. The lowest BCUT2D eigenvalue weighted by atomic mass is 10.3. The Kier molecular flexibility index (Phi) is 4.96. The first-order chi connectivity index (χ1) is 13.3. The summed E-state index contributed by atoms with van der Waals surface area (Å²) in [5.41, 5.74) is 23.5. The van der Waals surface area contributed by atoms with E-state index in [1.54, 1.807) is 0 Å². The Hall–Kier alpha value is -3.93. The Morgan fingerprint density at radius 1 is 0.929 bits per heavy atom. The topological polar surface area (TPSA) is 193 Å². The molecule has 2 aromatic carbocycles. The van der Waals surface area contributed by atoms with Crippen LogP contribution in [0, 0.1) is 0 Å². The zero-order valence-electron chi connectivity index (χ0n) is 14.5. The fourth-order valence-corrected chi connectivity index (χ4v) is 3.16. The number of guanidine groups is 1. The van der Waals surface area contributed by atoms with Gasteiger partial charge < -0.3 is 22.9 Å². The second-order valence-electron chi connectivity index (χ2n) is 5.55.